The number of aliphatic imine (C=N–C) groups is 1. The summed E-state index contributed by atoms with van der Waals surface area (Å²) >= 11 is 5.57. The number of H-pyrrole nitrogens is 1. The Morgan fingerprint density at radius 2 is 2.07 bits per heavy atom. The summed E-state index contributed by atoms with van der Waals surface area (Å²) in [7, 11) is -3.17. The number of rotatable bonds is 3. The molecule has 1 aromatic heterocycles. The summed E-state index contributed by atoms with van der Waals surface area (Å²) in [6.07, 6.45) is -3.13. The highest BCUT2D eigenvalue weighted by Gasteiger charge is 2.33. The van der Waals surface area contributed by atoms with Gasteiger partial charge in [-0.2, -0.15) is 13.2 Å². The maximum absolute atomic E-state index is 12.9. The summed E-state index contributed by atoms with van der Waals surface area (Å²) in [5, 5.41) is 2.38. The van der Waals surface area contributed by atoms with Gasteiger partial charge >= 0.3 is 6.18 Å². The average molecular weight is 422 g/mol. The molecule has 1 fully saturated rings. The average Bonchev–Trinajstić information content (AvgIpc) is 3.05. The van der Waals surface area contributed by atoms with Crippen LogP contribution >= 0.6 is 11.6 Å². The van der Waals surface area contributed by atoms with Crippen LogP contribution in [0.3, 0.4) is 0 Å². The molecule has 2 heterocycles. The molecule has 1 aliphatic rings. The minimum absolute atomic E-state index is 0.0105. The van der Waals surface area contributed by atoms with Crippen molar-refractivity contribution in [1.82, 2.24) is 9.78 Å². The topological polar surface area (TPSA) is 84.3 Å². The van der Waals surface area contributed by atoms with E-state index in [0.717, 1.165) is 18.3 Å². The normalized spacial score (nSPS) is 19.8. The Bertz CT molecular complexity index is 1070. The van der Waals surface area contributed by atoms with E-state index in [1.54, 1.807) is 6.92 Å². The van der Waals surface area contributed by atoms with Crippen molar-refractivity contribution in [2.75, 3.05) is 11.5 Å². The molecule has 6 nitrogen and oxygen atoms in total. The fourth-order valence-electron chi connectivity index (χ4n) is 2.92. The highest BCUT2D eigenvalue weighted by atomic mass is 35.5. The van der Waals surface area contributed by atoms with Crippen LogP contribution in [0.2, 0.25) is 5.02 Å². The first kappa shape index (κ1) is 19.7. The van der Waals surface area contributed by atoms with Crippen LogP contribution in [0, 0.1) is 6.92 Å². The quantitative estimate of drug-likeness (QED) is 0.772. The molecule has 3 rings (SSSR count). The Kier molecular flexibility index (Phi) is 4.98. The van der Waals surface area contributed by atoms with Crippen molar-refractivity contribution < 1.29 is 21.6 Å². The Morgan fingerprint density at radius 1 is 1.37 bits per heavy atom. The van der Waals surface area contributed by atoms with E-state index in [2.05, 4.69) is 10.1 Å². The van der Waals surface area contributed by atoms with Gasteiger partial charge in [-0.15, -0.1) is 0 Å². The molecule has 1 aliphatic heterocycles. The number of aryl methyl sites for hydroxylation is 1. The zero-order valence-corrected chi connectivity index (χ0v) is 15.6. The lowest BCUT2D eigenvalue weighted by atomic mass is 10.2. The van der Waals surface area contributed by atoms with Gasteiger partial charge in [0.05, 0.1) is 39.4 Å². The summed E-state index contributed by atoms with van der Waals surface area (Å²) in [5.74, 6) is -0.119. The van der Waals surface area contributed by atoms with Crippen molar-refractivity contribution in [3.05, 3.63) is 50.4 Å². The Balaban J connectivity index is 1.92. The molecule has 0 bridgehead atoms. The molecule has 0 spiro atoms. The molecular formula is C16H15ClF3N3O3S. The highest BCUT2D eigenvalue weighted by Crippen LogP contribution is 2.36. The highest BCUT2D eigenvalue weighted by molar-refractivity contribution is 7.91. The Morgan fingerprint density at radius 3 is 2.67 bits per heavy atom. The lowest BCUT2D eigenvalue weighted by Crippen LogP contribution is -2.25. The number of sulfone groups is 1. The molecule has 1 saturated heterocycles. The Hall–Kier alpha value is -2.07. The molecule has 0 amide bonds. The summed E-state index contributed by atoms with van der Waals surface area (Å²) in [5.41, 5.74) is -0.899. The Labute approximate surface area is 157 Å². The van der Waals surface area contributed by atoms with Gasteiger partial charge < -0.3 is 0 Å². The number of aromatic nitrogens is 2. The summed E-state index contributed by atoms with van der Waals surface area (Å²) in [4.78, 5) is 16.5. The molecule has 1 atom stereocenters. The van der Waals surface area contributed by atoms with E-state index in [0.29, 0.717) is 12.1 Å². The zero-order chi connectivity index (χ0) is 20.0. The number of alkyl halides is 3. The molecule has 0 unspecified atom stereocenters. The summed E-state index contributed by atoms with van der Waals surface area (Å²) < 4.78 is 63.2. The van der Waals surface area contributed by atoms with Crippen LogP contribution in [0.5, 0.6) is 0 Å². The standard InChI is InChI=1S/C16H15ClF3N3O3S/c1-9-12(15(24)23(22-9)11-4-5-27(25,26)8-11)7-21-10-2-3-14(17)13(6-10)16(18,19)20/h2-3,6-7,11,22H,4-5,8H2,1H3/t11-/m1/s1. The molecular weight excluding hydrogens is 407 g/mol. The fourth-order valence-corrected chi connectivity index (χ4v) is 4.84. The van der Waals surface area contributed by atoms with E-state index in [4.69, 9.17) is 11.6 Å². The van der Waals surface area contributed by atoms with Crippen LogP contribution < -0.4 is 5.56 Å². The third-order valence-electron chi connectivity index (χ3n) is 4.31. The number of nitrogens with zero attached hydrogens (tertiary/aromatic N) is 2. The van der Waals surface area contributed by atoms with E-state index in [9.17, 15) is 26.4 Å². The monoisotopic (exact) mass is 421 g/mol. The second-order valence-corrected chi connectivity index (χ2v) is 8.94. The first-order chi connectivity index (χ1) is 12.5. The van der Waals surface area contributed by atoms with Crippen LogP contribution in [-0.2, 0) is 16.0 Å². The number of aromatic amines is 1. The first-order valence-corrected chi connectivity index (χ1v) is 10.1. The van der Waals surface area contributed by atoms with E-state index < -0.39 is 38.2 Å². The van der Waals surface area contributed by atoms with E-state index in [-0.39, 0.29) is 22.8 Å². The van der Waals surface area contributed by atoms with Crippen LogP contribution in [0.4, 0.5) is 18.9 Å². The minimum atomic E-state index is -4.62. The van der Waals surface area contributed by atoms with Gasteiger partial charge in [0.1, 0.15) is 0 Å². The van der Waals surface area contributed by atoms with Crippen molar-refractivity contribution in [3.8, 4) is 0 Å². The van der Waals surface area contributed by atoms with Crippen LogP contribution in [0.25, 0.3) is 0 Å². The molecule has 11 heteroatoms. The molecule has 146 valence electrons. The second-order valence-electron chi connectivity index (χ2n) is 6.30. The molecule has 2 aromatic rings. The van der Waals surface area contributed by atoms with Gasteiger partial charge in [0.2, 0.25) is 0 Å². The predicted molar refractivity (Wildman–Crippen MR) is 95.8 cm³/mol. The lowest BCUT2D eigenvalue weighted by molar-refractivity contribution is -0.137. The fraction of sp³-hybridized carbons (Fsp3) is 0.375. The van der Waals surface area contributed by atoms with E-state index in [1.807, 2.05) is 0 Å². The molecule has 0 saturated carbocycles. The van der Waals surface area contributed by atoms with Gasteiger partial charge in [-0.25, -0.2) is 13.1 Å². The van der Waals surface area contributed by atoms with Gasteiger partial charge in [0, 0.05) is 11.9 Å². The van der Waals surface area contributed by atoms with E-state index >= 15 is 0 Å². The number of hydrogen-bond acceptors (Lipinski definition) is 4. The molecule has 0 aliphatic carbocycles. The number of nitrogens with one attached hydrogen (secondary N) is 1. The minimum Gasteiger partial charge on any atom is -0.299 e. The van der Waals surface area contributed by atoms with Crippen molar-refractivity contribution in [2.24, 2.45) is 4.99 Å². The molecule has 1 N–H and O–H groups in total. The number of hydrogen-bond donors (Lipinski definition) is 1. The largest absolute Gasteiger partial charge is 0.417 e. The summed E-state index contributed by atoms with van der Waals surface area (Å²) in [6, 6.07) is 2.69. The second kappa shape index (κ2) is 6.83. The van der Waals surface area contributed by atoms with Gasteiger partial charge in [0.15, 0.2) is 9.84 Å². The number of halogens is 4. The maximum atomic E-state index is 12.9. The van der Waals surface area contributed by atoms with Crippen LogP contribution in [0.15, 0.2) is 28.0 Å². The van der Waals surface area contributed by atoms with Gasteiger partial charge in [-0.1, -0.05) is 11.6 Å². The molecule has 1 aromatic carbocycles. The van der Waals surface area contributed by atoms with Crippen molar-refractivity contribution in [2.45, 2.75) is 25.6 Å². The zero-order valence-electron chi connectivity index (χ0n) is 14.0. The van der Waals surface area contributed by atoms with Gasteiger partial charge in [0.25, 0.3) is 5.56 Å². The third-order valence-corrected chi connectivity index (χ3v) is 6.39. The SMILES string of the molecule is Cc1[nH]n([C@@H]2CCS(=O)(=O)C2)c(=O)c1C=Nc1ccc(Cl)c(C(F)(F)F)c1. The summed E-state index contributed by atoms with van der Waals surface area (Å²) in [6.45, 7) is 1.60. The van der Waals surface area contributed by atoms with Crippen LogP contribution in [0.1, 0.15) is 29.3 Å². The van der Waals surface area contributed by atoms with Crippen molar-refractivity contribution in [1.29, 1.82) is 0 Å². The van der Waals surface area contributed by atoms with Crippen molar-refractivity contribution in [3.63, 3.8) is 0 Å². The molecule has 0 radical (unpaired) electrons. The predicted octanol–water partition coefficient (Wildman–Crippen LogP) is 3.27. The van der Waals surface area contributed by atoms with Gasteiger partial charge in [-0.3, -0.25) is 14.9 Å². The maximum Gasteiger partial charge on any atom is 0.417 e. The number of benzene rings is 1. The van der Waals surface area contributed by atoms with Crippen LogP contribution in [-0.4, -0.2) is 35.9 Å². The first-order valence-electron chi connectivity index (χ1n) is 7.90. The smallest absolute Gasteiger partial charge is 0.299 e. The van der Waals surface area contributed by atoms with Crippen molar-refractivity contribution >= 4 is 33.3 Å². The van der Waals surface area contributed by atoms with E-state index in [1.165, 1.54) is 10.7 Å². The van der Waals surface area contributed by atoms with Gasteiger partial charge in [-0.05, 0) is 31.5 Å². The lowest BCUT2D eigenvalue weighted by Gasteiger charge is -2.08. The molecule has 27 heavy (non-hydrogen) atoms. The third kappa shape index (κ3) is 4.11.